The van der Waals surface area contributed by atoms with Gasteiger partial charge in [0.05, 0.1) is 5.39 Å². The summed E-state index contributed by atoms with van der Waals surface area (Å²) in [4.78, 5) is 20.9. The van der Waals surface area contributed by atoms with Crippen LogP contribution in [0.15, 0.2) is 85.3 Å². The summed E-state index contributed by atoms with van der Waals surface area (Å²) < 4.78 is 11.6. The Hall–Kier alpha value is -3.80. The van der Waals surface area contributed by atoms with E-state index >= 15 is 0 Å². The zero-order valence-corrected chi connectivity index (χ0v) is 33.1. The van der Waals surface area contributed by atoms with E-state index in [9.17, 15) is 9.90 Å². The standard InChI is InChI=1S/C27H23N2O2.C15H28O2.Ir/c1-17-11-20-9-10-24-22(26(20)30-17)14-25(31-24)29-16-28-15-18-12-19-7-5-6-8-21(19)23(13-18)27(2,3)4;1-7-14(5,8-2)12(16)11-13(17)15(6,9-3)10-4;/h5-11,13-16H,1-4H3;11,16H,7-10H2,1-6H3;/q-1;;/b28-15?,29-16-;12-11-;. The SMILES string of the molecule is CCC(C)(CC)C(=O)/C=C(\O)C(C)(CC)CC.Cc1cc2ccc3oc(/N=C\N=Cc4[c-]c5ccccc5c(C(C)(C)C)c4)cc3c2o1.[Ir]. The maximum atomic E-state index is 12.2. The van der Waals surface area contributed by atoms with Crippen LogP contribution in [0.4, 0.5) is 5.88 Å². The van der Waals surface area contributed by atoms with Crippen LogP contribution in [0.2, 0.25) is 0 Å². The Kier molecular flexibility index (Phi) is 13.2. The van der Waals surface area contributed by atoms with Crippen molar-refractivity contribution in [2.75, 3.05) is 0 Å². The van der Waals surface area contributed by atoms with Crippen molar-refractivity contribution in [1.82, 2.24) is 0 Å². The summed E-state index contributed by atoms with van der Waals surface area (Å²) in [5.41, 5.74) is 3.19. The number of carbonyl (C=O) groups is 1. The average molecular weight is 840 g/mol. The summed E-state index contributed by atoms with van der Waals surface area (Å²) in [5, 5.41) is 14.4. The van der Waals surface area contributed by atoms with Crippen molar-refractivity contribution in [2.24, 2.45) is 20.8 Å². The molecule has 0 aliphatic heterocycles. The van der Waals surface area contributed by atoms with Gasteiger partial charge in [0.25, 0.3) is 0 Å². The molecule has 0 saturated carbocycles. The van der Waals surface area contributed by atoms with E-state index in [1.165, 1.54) is 23.4 Å². The van der Waals surface area contributed by atoms with E-state index < -0.39 is 0 Å². The van der Waals surface area contributed by atoms with E-state index in [4.69, 9.17) is 8.83 Å². The van der Waals surface area contributed by atoms with Crippen molar-refractivity contribution < 1.29 is 38.8 Å². The summed E-state index contributed by atoms with van der Waals surface area (Å²) in [5.74, 6) is 1.65. The molecule has 6 nitrogen and oxygen atoms in total. The first-order valence-corrected chi connectivity index (χ1v) is 17.1. The van der Waals surface area contributed by atoms with Gasteiger partial charge in [0.2, 0.25) is 5.88 Å². The quantitative estimate of drug-likeness (QED) is 0.0499. The van der Waals surface area contributed by atoms with Gasteiger partial charge in [-0.15, -0.1) is 34.7 Å². The minimum atomic E-state index is -0.337. The Balaban J connectivity index is 0.000000312. The number of nitrogens with zero attached hydrogens (tertiary/aromatic N) is 2. The van der Waals surface area contributed by atoms with E-state index in [0.29, 0.717) is 5.88 Å². The summed E-state index contributed by atoms with van der Waals surface area (Å²) >= 11 is 0. The van der Waals surface area contributed by atoms with Crippen LogP contribution < -0.4 is 0 Å². The number of benzene rings is 3. The second-order valence-electron chi connectivity index (χ2n) is 14.2. The molecule has 49 heavy (non-hydrogen) atoms. The van der Waals surface area contributed by atoms with Gasteiger partial charge in [-0.05, 0) is 62.4 Å². The molecule has 0 aliphatic rings. The van der Waals surface area contributed by atoms with Gasteiger partial charge in [-0.3, -0.25) is 9.79 Å². The first kappa shape index (κ1) is 39.6. The number of furan rings is 2. The predicted molar refractivity (Wildman–Crippen MR) is 201 cm³/mol. The van der Waals surface area contributed by atoms with Crippen molar-refractivity contribution in [1.29, 1.82) is 0 Å². The molecule has 1 N–H and O–H groups in total. The van der Waals surface area contributed by atoms with Gasteiger partial charge >= 0.3 is 0 Å². The van der Waals surface area contributed by atoms with Crippen LogP contribution in [0.1, 0.15) is 105 Å². The fourth-order valence-electron chi connectivity index (χ4n) is 5.62. The molecule has 7 heteroatoms. The molecule has 0 saturated heterocycles. The van der Waals surface area contributed by atoms with E-state index in [-0.39, 0.29) is 47.9 Å². The van der Waals surface area contributed by atoms with Gasteiger partial charge in [0.1, 0.15) is 29.0 Å². The number of hydrogen-bond donors (Lipinski definition) is 1. The molecule has 2 aromatic heterocycles. The number of rotatable bonds is 10. The Bertz CT molecular complexity index is 1980. The van der Waals surface area contributed by atoms with Crippen molar-refractivity contribution in [3.05, 3.63) is 89.4 Å². The number of allylic oxidation sites excluding steroid dienone is 2. The molecule has 0 atom stereocenters. The Morgan fingerprint density at radius 2 is 1.51 bits per heavy atom. The molecule has 0 aliphatic carbocycles. The van der Waals surface area contributed by atoms with Crippen LogP contribution >= 0.6 is 0 Å². The molecule has 263 valence electrons. The summed E-state index contributed by atoms with van der Waals surface area (Å²) in [7, 11) is 0. The molecule has 1 radical (unpaired) electrons. The number of aryl methyl sites for hydroxylation is 1. The maximum absolute atomic E-state index is 12.2. The van der Waals surface area contributed by atoms with E-state index in [0.717, 1.165) is 64.3 Å². The monoisotopic (exact) mass is 840 g/mol. The van der Waals surface area contributed by atoms with Gasteiger partial charge in [-0.1, -0.05) is 85.9 Å². The fourth-order valence-corrected chi connectivity index (χ4v) is 5.62. The van der Waals surface area contributed by atoms with Gasteiger partial charge in [-0.25, -0.2) is 4.99 Å². The van der Waals surface area contributed by atoms with Gasteiger partial charge in [0.15, 0.2) is 5.78 Å². The largest absolute Gasteiger partial charge is 0.512 e. The summed E-state index contributed by atoms with van der Waals surface area (Å²) in [6.45, 7) is 20.7. The third-order valence-electron chi connectivity index (χ3n) is 9.96. The van der Waals surface area contributed by atoms with Crippen LogP contribution in [-0.4, -0.2) is 23.4 Å². The molecule has 0 spiro atoms. The zero-order chi connectivity index (χ0) is 35.3. The maximum Gasteiger partial charge on any atom is 0.221 e. The second-order valence-corrected chi connectivity index (χ2v) is 14.2. The number of aliphatic hydroxyl groups excluding tert-OH is 1. The number of ketones is 1. The number of aliphatic hydroxyl groups is 1. The second kappa shape index (κ2) is 16.3. The third kappa shape index (κ3) is 9.06. The van der Waals surface area contributed by atoms with Crippen LogP contribution in [0.25, 0.3) is 32.7 Å². The van der Waals surface area contributed by atoms with Crippen LogP contribution in [-0.2, 0) is 30.3 Å². The number of carbonyl (C=O) groups excluding carboxylic acids is 1. The number of hydrogen-bond acceptors (Lipinski definition) is 5. The fraction of sp³-hybridized carbons (Fsp3) is 0.405. The zero-order valence-electron chi connectivity index (χ0n) is 30.7. The number of aliphatic imine (C=N–C) groups is 2. The van der Waals surface area contributed by atoms with E-state index in [1.54, 1.807) is 6.21 Å². The van der Waals surface area contributed by atoms with E-state index in [1.807, 2.05) is 78.8 Å². The van der Waals surface area contributed by atoms with Crippen LogP contribution in [0.3, 0.4) is 0 Å². The minimum absolute atomic E-state index is 0. The Labute approximate surface area is 305 Å². The van der Waals surface area contributed by atoms with Gasteiger partial charge in [-0.2, -0.15) is 0 Å². The molecule has 0 amide bonds. The van der Waals surface area contributed by atoms with Gasteiger partial charge < -0.3 is 13.9 Å². The Morgan fingerprint density at radius 3 is 2.14 bits per heavy atom. The molecule has 2 heterocycles. The number of fused-ring (bicyclic) bond motifs is 4. The third-order valence-corrected chi connectivity index (χ3v) is 9.96. The molecule has 3 aromatic carbocycles. The molecule has 5 rings (SSSR count). The first-order chi connectivity index (χ1) is 22.7. The summed E-state index contributed by atoms with van der Waals surface area (Å²) in [6, 6.07) is 21.7. The average Bonchev–Trinajstić information content (AvgIpc) is 3.67. The normalized spacial score (nSPS) is 13.0. The van der Waals surface area contributed by atoms with Crippen molar-refractivity contribution in [3.63, 3.8) is 0 Å². The molecule has 5 aromatic rings. The first-order valence-electron chi connectivity index (χ1n) is 17.1. The minimum Gasteiger partial charge on any atom is -0.512 e. The molecule has 0 bridgehead atoms. The topological polar surface area (TPSA) is 88.3 Å². The molecule has 0 fully saturated rings. The van der Waals surface area contributed by atoms with Gasteiger partial charge in [0, 0.05) is 48.5 Å². The molecule has 0 unspecified atom stereocenters. The molecular formula is C42H51IrN2O4-. The van der Waals surface area contributed by atoms with Crippen molar-refractivity contribution in [3.8, 4) is 0 Å². The molecular weight excluding hydrogens is 789 g/mol. The van der Waals surface area contributed by atoms with Crippen LogP contribution in [0.5, 0.6) is 0 Å². The Morgan fingerprint density at radius 1 is 0.857 bits per heavy atom. The smallest absolute Gasteiger partial charge is 0.221 e. The predicted octanol–water partition coefficient (Wildman–Crippen LogP) is 12.2. The van der Waals surface area contributed by atoms with E-state index in [2.05, 4.69) is 61.1 Å². The van der Waals surface area contributed by atoms with Crippen molar-refractivity contribution in [2.45, 2.75) is 100 Å². The summed E-state index contributed by atoms with van der Waals surface area (Å²) in [6.07, 6.45) is 8.04. The van der Waals surface area contributed by atoms with Crippen LogP contribution in [0, 0.1) is 23.8 Å². The van der Waals surface area contributed by atoms with Crippen molar-refractivity contribution >= 4 is 56.9 Å².